The predicted octanol–water partition coefficient (Wildman–Crippen LogP) is 5.71. The van der Waals surface area contributed by atoms with Crippen LogP contribution in [-0.2, 0) is 32.5 Å². The Kier molecular flexibility index (Phi) is 19.0. The van der Waals surface area contributed by atoms with Crippen LogP contribution in [0.5, 0.6) is 11.5 Å². The summed E-state index contributed by atoms with van der Waals surface area (Å²) in [6.45, 7) is 6.31. The fraction of sp³-hybridized carbons (Fsp3) is 0.532. The van der Waals surface area contributed by atoms with Gasteiger partial charge >= 0.3 is 0 Å². The molecule has 0 radical (unpaired) electrons. The number of sulfonamides is 1. The van der Waals surface area contributed by atoms with Crippen LogP contribution in [0.1, 0.15) is 111 Å². The van der Waals surface area contributed by atoms with Crippen molar-refractivity contribution in [1.29, 1.82) is 0 Å². The van der Waals surface area contributed by atoms with Crippen LogP contribution < -0.4 is 24.8 Å². The van der Waals surface area contributed by atoms with Gasteiger partial charge in [0.2, 0.25) is 16.0 Å². The van der Waals surface area contributed by atoms with Crippen LogP contribution in [0.2, 0.25) is 0 Å². The van der Waals surface area contributed by atoms with Gasteiger partial charge < -0.3 is 44.7 Å². The number of para-hydroxylation sites is 1. The van der Waals surface area contributed by atoms with Gasteiger partial charge in [-0.3, -0.25) is 10.0 Å². The van der Waals surface area contributed by atoms with Gasteiger partial charge in [0.25, 0.3) is 0 Å². The molecule has 7 N–H and O–H groups in total. The highest BCUT2D eigenvalue weighted by Crippen LogP contribution is 2.45. The fourth-order valence-corrected chi connectivity index (χ4v) is 8.62. The molecular formula is C47H66N6O10S. The third-order valence-electron chi connectivity index (χ3n) is 11.4. The third-order valence-corrected chi connectivity index (χ3v) is 12.0. The minimum Gasteiger partial charge on any atom is -0.494 e. The number of aliphatic hydroxyl groups excluding tert-OH is 4. The summed E-state index contributed by atoms with van der Waals surface area (Å²) >= 11 is 0. The van der Waals surface area contributed by atoms with Crippen molar-refractivity contribution < 1.29 is 47.8 Å². The van der Waals surface area contributed by atoms with Crippen LogP contribution in [-0.4, -0.2) is 108 Å². The molecule has 0 aliphatic carbocycles. The molecule has 0 bridgehead atoms. The molecule has 17 heteroatoms. The highest BCUT2D eigenvalue weighted by atomic mass is 32.2. The lowest BCUT2D eigenvalue weighted by Gasteiger charge is -2.40. The van der Waals surface area contributed by atoms with Crippen LogP contribution in [0.15, 0.2) is 79.0 Å². The van der Waals surface area contributed by atoms with Gasteiger partial charge in [0.05, 0.1) is 24.6 Å². The molecule has 3 aromatic carbocycles. The smallest absolute Gasteiger partial charge is 0.236 e. The van der Waals surface area contributed by atoms with E-state index in [9.17, 15) is 28.8 Å². The SMILES string of the molecule is CC(Cc1ccc(OCCCCCCCOCCCOCCCNc2cccc3c2C(O)N(C2CCC(O)NC2O)C3O)cc1)c1ccccc1OCc1ccnc(NS(C)(=O)=O)n1. The van der Waals surface area contributed by atoms with Gasteiger partial charge in [-0.2, -0.15) is 0 Å². The second-order valence-corrected chi connectivity index (χ2v) is 18.3. The first-order chi connectivity index (χ1) is 31.0. The quantitative estimate of drug-likeness (QED) is 0.0357. The highest BCUT2D eigenvalue weighted by Gasteiger charge is 2.45. The van der Waals surface area contributed by atoms with E-state index in [1.165, 1.54) is 16.7 Å². The summed E-state index contributed by atoms with van der Waals surface area (Å²) in [5.41, 5.74) is 4.80. The molecule has 1 saturated heterocycles. The molecule has 6 atom stereocenters. The van der Waals surface area contributed by atoms with Crippen LogP contribution in [0.25, 0.3) is 0 Å². The molecule has 2 aliphatic heterocycles. The molecule has 64 heavy (non-hydrogen) atoms. The number of aromatic nitrogens is 2. The first-order valence-corrected chi connectivity index (χ1v) is 24.4. The maximum absolute atomic E-state index is 11.6. The highest BCUT2D eigenvalue weighted by molar-refractivity contribution is 7.92. The van der Waals surface area contributed by atoms with Gasteiger partial charge in [-0.25, -0.2) is 23.3 Å². The molecule has 0 spiro atoms. The van der Waals surface area contributed by atoms with E-state index >= 15 is 0 Å². The summed E-state index contributed by atoms with van der Waals surface area (Å²) < 4.78 is 49.2. The molecule has 0 saturated carbocycles. The maximum atomic E-state index is 11.6. The Labute approximate surface area is 377 Å². The van der Waals surface area contributed by atoms with E-state index in [2.05, 4.69) is 50.4 Å². The second-order valence-electron chi connectivity index (χ2n) is 16.6. The number of nitrogens with one attached hydrogen (secondary N) is 3. The van der Waals surface area contributed by atoms with E-state index in [0.717, 1.165) is 87.0 Å². The zero-order chi connectivity index (χ0) is 45.3. The molecule has 2 aliphatic rings. The Morgan fingerprint density at radius 3 is 2.28 bits per heavy atom. The van der Waals surface area contributed by atoms with Crippen LogP contribution in [0.4, 0.5) is 11.6 Å². The monoisotopic (exact) mass is 906 g/mol. The van der Waals surface area contributed by atoms with Crippen molar-refractivity contribution in [2.75, 3.05) is 55.9 Å². The number of nitrogens with zero attached hydrogens (tertiary/aromatic N) is 3. The van der Waals surface area contributed by atoms with E-state index in [0.29, 0.717) is 62.6 Å². The molecule has 0 amide bonds. The average Bonchev–Trinajstić information content (AvgIpc) is 3.52. The molecule has 6 unspecified atom stereocenters. The number of benzene rings is 3. The molecule has 6 rings (SSSR count). The predicted molar refractivity (Wildman–Crippen MR) is 244 cm³/mol. The number of hydrogen-bond donors (Lipinski definition) is 7. The van der Waals surface area contributed by atoms with Crippen molar-refractivity contribution in [3.8, 4) is 11.5 Å². The summed E-state index contributed by atoms with van der Waals surface area (Å²) in [7, 11) is -3.48. The lowest BCUT2D eigenvalue weighted by atomic mass is 9.93. The van der Waals surface area contributed by atoms with Crippen LogP contribution >= 0.6 is 0 Å². The van der Waals surface area contributed by atoms with E-state index < -0.39 is 41.0 Å². The van der Waals surface area contributed by atoms with Gasteiger partial charge in [0.1, 0.15) is 43.0 Å². The Morgan fingerprint density at radius 2 is 1.52 bits per heavy atom. The van der Waals surface area contributed by atoms with E-state index in [4.69, 9.17) is 18.9 Å². The van der Waals surface area contributed by atoms with E-state index in [1.54, 1.807) is 12.1 Å². The number of piperidine rings is 1. The van der Waals surface area contributed by atoms with Gasteiger partial charge in [-0.15, -0.1) is 0 Å². The van der Waals surface area contributed by atoms with E-state index in [1.807, 2.05) is 42.5 Å². The number of unbranched alkanes of at least 4 members (excludes halogenated alkanes) is 4. The molecule has 16 nitrogen and oxygen atoms in total. The average molecular weight is 907 g/mol. The number of hydrogen-bond acceptors (Lipinski definition) is 15. The second kappa shape index (κ2) is 24.7. The zero-order valence-corrected chi connectivity index (χ0v) is 37.8. The normalized spacial score (nSPS) is 20.4. The summed E-state index contributed by atoms with van der Waals surface area (Å²) in [4.78, 5) is 9.71. The lowest BCUT2D eigenvalue weighted by Crippen LogP contribution is -2.57. The standard InChI is InChI=1S/C47H66N6O10S/c1-33(37-13-6-7-16-41(37)63-32-35-23-25-49-47(50-35)52-64(2,58)59)31-34-17-19-36(20-18-34)62-30-9-5-3-4-8-26-60-28-12-29-61-27-11-24-48-39-15-10-14-38-43(39)46(57)53(45(38)56)40-21-22-42(54)51-44(40)55/h6-7,10,13-20,23,25,33,40,42,44-46,48,51,54-57H,3-5,8-9,11-12,21-22,24,26-32H2,1-2H3,(H,49,50,52). The first kappa shape index (κ1) is 49.0. The zero-order valence-electron chi connectivity index (χ0n) is 37.0. The topological polar surface area (TPSA) is 217 Å². The van der Waals surface area contributed by atoms with Crippen molar-refractivity contribution in [3.05, 3.63) is 107 Å². The summed E-state index contributed by atoms with van der Waals surface area (Å²) in [6, 6.07) is 22.9. The van der Waals surface area contributed by atoms with Gasteiger partial charge in [0, 0.05) is 56.0 Å². The lowest BCUT2D eigenvalue weighted by molar-refractivity contribution is -0.158. The Hall–Kier alpha value is -4.43. The number of rotatable bonds is 27. The summed E-state index contributed by atoms with van der Waals surface area (Å²) in [5.74, 6) is 1.83. The summed E-state index contributed by atoms with van der Waals surface area (Å²) in [5, 5.41) is 48.5. The van der Waals surface area contributed by atoms with Crippen molar-refractivity contribution in [2.45, 2.75) is 115 Å². The molecule has 350 valence electrons. The van der Waals surface area contributed by atoms with Crippen LogP contribution in [0.3, 0.4) is 0 Å². The van der Waals surface area contributed by atoms with Crippen molar-refractivity contribution in [1.82, 2.24) is 20.2 Å². The minimum absolute atomic E-state index is 0.0133. The van der Waals surface area contributed by atoms with Crippen molar-refractivity contribution in [2.24, 2.45) is 0 Å². The molecule has 1 aromatic heterocycles. The Morgan fingerprint density at radius 1 is 0.797 bits per heavy atom. The number of anilines is 2. The van der Waals surface area contributed by atoms with Gasteiger partial charge in [-0.1, -0.05) is 68.7 Å². The first-order valence-electron chi connectivity index (χ1n) is 22.5. The van der Waals surface area contributed by atoms with Crippen molar-refractivity contribution >= 4 is 21.7 Å². The Bertz CT molecular complexity index is 2130. The van der Waals surface area contributed by atoms with Gasteiger partial charge in [-0.05, 0) is 92.3 Å². The van der Waals surface area contributed by atoms with Gasteiger partial charge in [0.15, 0.2) is 0 Å². The fourth-order valence-electron chi connectivity index (χ4n) is 8.19. The number of fused-ring (bicyclic) bond motifs is 1. The molecule has 3 heterocycles. The summed E-state index contributed by atoms with van der Waals surface area (Å²) in [6.07, 6.45) is 7.23. The molecule has 4 aromatic rings. The van der Waals surface area contributed by atoms with E-state index in [-0.39, 0.29) is 18.5 Å². The van der Waals surface area contributed by atoms with Crippen molar-refractivity contribution in [3.63, 3.8) is 0 Å². The molecule has 1 fully saturated rings. The van der Waals surface area contributed by atoms with Crippen LogP contribution in [0, 0.1) is 0 Å². The largest absolute Gasteiger partial charge is 0.494 e. The Balaban J connectivity index is 0.756. The molecular weight excluding hydrogens is 841 g/mol. The third kappa shape index (κ3) is 14.8. The number of aliphatic hydroxyl groups is 4. The maximum Gasteiger partial charge on any atom is 0.236 e. The number of ether oxygens (including phenoxy) is 4. The minimum atomic E-state index is -3.48.